The Balaban J connectivity index is 3.02. The molecule has 0 aliphatic carbocycles. The van der Waals surface area contributed by atoms with Crippen LogP contribution in [0.3, 0.4) is 0 Å². The molecule has 6 nitrogen and oxygen atoms in total. The second-order valence-electron chi connectivity index (χ2n) is 4.99. The highest BCUT2D eigenvalue weighted by atomic mass is 16.6. The summed E-state index contributed by atoms with van der Waals surface area (Å²) < 4.78 is 0. The van der Waals surface area contributed by atoms with Crippen molar-refractivity contribution < 1.29 is 9.72 Å². The molecule has 1 amide bonds. The fraction of sp³-hybridized carbons (Fsp3) is 0.533. The van der Waals surface area contributed by atoms with E-state index >= 15 is 0 Å². The number of benzene rings is 1. The normalized spacial score (nSPS) is 10.4. The predicted octanol–water partition coefficient (Wildman–Crippen LogP) is 3.22. The van der Waals surface area contributed by atoms with Gasteiger partial charge in [-0.25, -0.2) is 0 Å². The van der Waals surface area contributed by atoms with Crippen molar-refractivity contribution in [2.24, 2.45) is 0 Å². The molecule has 0 radical (unpaired) electrons. The van der Waals surface area contributed by atoms with Gasteiger partial charge in [0.05, 0.1) is 10.5 Å². The first-order valence-corrected chi connectivity index (χ1v) is 7.35. The fourth-order valence-electron chi connectivity index (χ4n) is 2.08. The third-order valence-corrected chi connectivity index (χ3v) is 3.36. The largest absolute Gasteiger partial charge is 0.393 e. The fourth-order valence-corrected chi connectivity index (χ4v) is 2.08. The Kier molecular flexibility index (Phi) is 6.65. The Morgan fingerprint density at radius 3 is 2.29 bits per heavy atom. The van der Waals surface area contributed by atoms with Crippen molar-refractivity contribution in [3.05, 3.63) is 33.9 Å². The Labute approximate surface area is 125 Å². The lowest BCUT2D eigenvalue weighted by Gasteiger charge is -2.23. The quantitative estimate of drug-likeness (QED) is 0.452. The Morgan fingerprint density at radius 1 is 1.24 bits per heavy atom. The molecule has 1 aromatic rings. The first kappa shape index (κ1) is 16.9. The molecule has 0 unspecified atom stereocenters. The number of anilines is 1. The number of carbonyl (C=O) groups excluding carboxylic acids is 1. The van der Waals surface area contributed by atoms with Crippen LogP contribution in [0.4, 0.5) is 11.4 Å². The number of nitro groups is 1. The van der Waals surface area contributed by atoms with Gasteiger partial charge in [0.25, 0.3) is 11.6 Å². The minimum Gasteiger partial charge on any atom is -0.393 e. The minimum atomic E-state index is -0.561. The molecule has 2 N–H and O–H groups in total. The van der Waals surface area contributed by atoms with Gasteiger partial charge in [0.1, 0.15) is 5.69 Å². The number of nitrogens with zero attached hydrogens (tertiary/aromatic N) is 2. The summed E-state index contributed by atoms with van der Waals surface area (Å²) in [7, 11) is 0. The van der Waals surface area contributed by atoms with E-state index in [1.165, 1.54) is 12.1 Å². The molecule has 0 spiro atoms. The minimum absolute atomic E-state index is 0.0505. The third kappa shape index (κ3) is 4.44. The average Bonchev–Trinajstić information content (AvgIpc) is 2.46. The number of amides is 1. The summed E-state index contributed by atoms with van der Waals surface area (Å²) in [4.78, 5) is 24.7. The van der Waals surface area contributed by atoms with E-state index in [2.05, 4.69) is 13.8 Å². The lowest BCUT2D eigenvalue weighted by molar-refractivity contribution is -0.383. The molecule has 0 saturated heterocycles. The molecule has 1 rings (SSSR count). The van der Waals surface area contributed by atoms with Gasteiger partial charge in [0, 0.05) is 19.2 Å². The Hall–Kier alpha value is -2.11. The van der Waals surface area contributed by atoms with Gasteiger partial charge in [0.15, 0.2) is 0 Å². The van der Waals surface area contributed by atoms with Crippen LogP contribution >= 0.6 is 0 Å². The van der Waals surface area contributed by atoms with E-state index in [0.29, 0.717) is 13.1 Å². The van der Waals surface area contributed by atoms with E-state index < -0.39 is 4.92 Å². The smallest absolute Gasteiger partial charge is 0.292 e. The third-order valence-electron chi connectivity index (χ3n) is 3.36. The number of nitrogens with two attached hydrogens (primary N) is 1. The van der Waals surface area contributed by atoms with Crippen molar-refractivity contribution in [3.8, 4) is 0 Å². The zero-order valence-corrected chi connectivity index (χ0v) is 12.7. The maximum atomic E-state index is 12.6. The molecule has 0 aromatic heterocycles. The highest BCUT2D eigenvalue weighted by Crippen LogP contribution is 2.26. The van der Waals surface area contributed by atoms with E-state index in [1.807, 2.05) is 0 Å². The van der Waals surface area contributed by atoms with Crippen molar-refractivity contribution in [2.75, 3.05) is 18.8 Å². The molecule has 0 bridgehead atoms. The highest BCUT2D eigenvalue weighted by Gasteiger charge is 2.22. The molecule has 1 aromatic carbocycles. The molecule has 0 aliphatic rings. The first-order valence-electron chi connectivity index (χ1n) is 7.35. The first-order chi connectivity index (χ1) is 10.0. The Bertz CT molecular complexity index is 495. The molecule has 0 heterocycles. The zero-order chi connectivity index (χ0) is 15.8. The molecule has 0 fully saturated rings. The summed E-state index contributed by atoms with van der Waals surface area (Å²) in [5.41, 5.74) is 5.74. The van der Waals surface area contributed by atoms with Crippen LogP contribution in [-0.2, 0) is 0 Å². The van der Waals surface area contributed by atoms with Gasteiger partial charge < -0.3 is 10.6 Å². The van der Waals surface area contributed by atoms with Crippen LogP contribution < -0.4 is 5.73 Å². The van der Waals surface area contributed by atoms with E-state index in [-0.39, 0.29) is 22.8 Å². The molecule has 6 heteroatoms. The van der Waals surface area contributed by atoms with Gasteiger partial charge in [-0.05, 0) is 18.9 Å². The monoisotopic (exact) mass is 293 g/mol. The lowest BCUT2D eigenvalue weighted by Crippen LogP contribution is -2.33. The number of nitro benzene ring substituents is 1. The molecule has 116 valence electrons. The van der Waals surface area contributed by atoms with Gasteiger partial charge in [-0.15, -0.1) is 0 Å². The summed E-state index contributed by atoms with van der Waals surface area (Å²) in [6.07, 6.45) is 3.79. The summed E-state index contributed by atoms with van der Waals surface area (Å²) in [5.74, 6) is -0.224. The Morgan fingerprint density at radius 2 is 1.81 bits per heavy atom. The van der Waals surface area contributed by atoms with E-state index in [0.717, 1.165) is 25.7 Å². The number of nitrogen functional groups attached to an aromatic ring is 1. The maximum Gasteiger partial charge on any atom is 0.292 e. The number of hydrogen-bond donors (Lipinski definition) is 1. The molecular formula is C15H23N3O3. The molecule has 0 atom stereocenters. The van der Waals surface area contributed by atoms with Crippen LogP contribution in [0.25, 0.3) is 0 Å². The summed E-state index contributed by atoms with van der Waals surface area (Å²) in [6.45, 7) is 5.42. The van der Waals surface area contributed by atoms with Crippen molar-refractivity contribution in [3.63, 3.8) is 0 Å². The van der Waals surface area contributed by atoms with Crippen LogP contribution in [0, 0.1) is 10.1 Å². The average molecular weight is 293 g/mol. The van der Waals surface area contributed by atoms with Crippen molar-refractivity contribution in [1.82, 2.24) is 4.90 Å². The van der Waals surface area contributed by atoms with Crippen molar-refractivity contribution in [2.45, 2.75) is 39.5 Å². The topological polar surface area (TPSA) is 89.5 Å². The van der Waals surface area contributed by atoms with Gasteiger partial charge in [-0.3, -0.25) is 14.9 Å². The number of carbonyl (C=O) groups is 1. The zero-order valence-electron chi connectivity index (χ0n) is 12.7. The number of hydrogen-bond acceptors (Lipinski definition) is 4. The second kappa shape index (κ2) is 8.24. The van der Waals surface area contributed by atoms with Crippen LogP contribution in [0.1, 0.15) is 49.9 Å². The predicted molar refractivity (Wildman–Crippen MR) is 83.2 cm³/mol. The standard InChI is InChI=1S/C15H23N3O3/c1-3-5-10-17(11-6-4-2)15(19)12-8-7-9-13(14(12)16)18(20)21/h7-9H,3-6,10-11,16H2,1-2H3. The summed E-state index contributed by atoms with van der Waals surface area (Å²) >= 11 is 0. The lowest BCUT2D eigenvalue weighted by atomic mass is 10.1. The van der Waals surface area contributed by atoms with Crippen LogP contribution in [0.2, 0.25) is 0 Å². The van der Waals surface area contributed by atoms with Crippen LogP contribution in [-0.4, -0.2) is 28.8 Å². The molecule has 21 heavy (non-hydrogen) atoms. The number of para-hydroxylation sites is 1. The summed E-state index contributed by atoms with van der Waals surface area (Å²) in [6, 6.07) is 4.36. The maximum absolute atomic E-state index is 12.6. The van der Waals surface area contributed by atoms with Gasteiger partial charge in [-0.1, -0.05) is 32.8 Å². The summed E-state index contributed by atoms with van der Waals surface area (Å²) in [5, 5.41) is 10.9. The SMILES string of the molecule is CCCCN(CCCC)C(=O)c1cccc([N+](=O)[O-])c1N. The van der Waals surface area contributed by atoms with Gasteiger partial charge in [-0.2, -0.15) is 0 Å². The molecule has 0 aliphatic heterocycles. The molecular weight excluding hydrogens is 270 g/mol. The molecule has 0 saturated carbocycles. The van der Waals surface area contributed by atoms with Gasteiger partial charge >= 0.3 is 0 Å². The number of unbranched alkanes of at least 4 members (excludes halogenated alkanes) is 2. The van der Waals surface area contributed by atoms with Gasteiger partial charge in [0.2, 0.25) is 0 Å². The van der Waals surface area contributed by atoms with E-state index in [1.54, 1.807) is 11.0 Å². The van der Waals surface area contributed by atoms with E-state index in [9.17, 15) is 14.9 Å². The van der Waals surface area contributed by atoms with Crippen LogP contribution in [0.15, 0.2) is 18.2 Å². The van der Waals surface area contributed by atoms with E-state index in [4.69, 9.17) is 5.73 Å². The number of rotatable bonds is 8. The highest BCUT2D eigenvalue weighted by molar-refractivity contribution is 6.01. The second-order valence-corrected chi connectivity index (χ2v) is 4.99. The van der Waals surface area contributed by atoms with Crippen molar-refractivity contribution in [1.29, 1.82) is 0 Å². The van der Waals surface area contributed by atoms with Crippen LogP contribution in [0.5, 0.6) is 0 Å². The van der Waals surface area contributed by atoms with Crippen molar-refractivity contribution >= 4 is 17.3 Å².